The number of hydrogen-bond donors (Lipinski definition) is 1. The molecule has 1 aromatic carbocycles. The summed E-state index contributed by atoms with van der Waals surface area (Å²) in [6, 6.07) is 8.60. The van der Waals surface area contributed by atoms with Crippen LogP contribution in [-0.2, 0) is 16.8 Å². The maximum atomic E-state index is 6.35. The first kappa shape index (κ1) is 22.0. The molecule has 0 amide bonds. The zero-order valence-electron chi connectivity index (χ0n) is 17.7. The Morgan fingerprint density at radius 3 is 2.45 bits per heavy atom. The van der Waals surface area contributed by atoms with E-state index in [1.165, 1.54) is 11.1 Å². The summed E-state index contributed by atoms with van der Waals surface area (Å²) in [4.78, 5) is 14.6. The second kappa shape index (κ2) is 7.72. The first-order valence-electron chi connectivity index (χ1n) is 10.6. The molecule has 1 saturated carbocycles. The number of methoxy groups -OCH3 is 1. The molecule has 2 spiro atoms. The summed E-state index contributed by atoms with van der Waals surface area (Å²) in [6.07, 6.45) is 7.29. The standard InChI is InChI=1S/C24H27ClN4O.CH4/c1-14-21(25)11-18(13-27-14)16-4-5-17-12-23(8-6-19(30-3)7-9-23)24(20(17)10-16)28-15(2)22(26)29-24;/h4-5,10-11,13,19H,6-9,12H2,1-3H3,(H2,26,29);1H4. The van der Waals surface area contributed by atoms with Crippen LogP contribution in [0.2, 0.25) is 5.02 Å². The van der Waals surface area contributed by atoms with Crippen molar-refractivity contribution in [1.82, 2.24) is 4.98 Å². The van der Waals surface area contributed by atoms with Crippen LogP contribution in [0.5, 0.6) is 0 Å². The minimum Gasteiger partial charge on any atom is -0.382 e. The second-order valence-corrected chi connectivity index (χ2v) is 9.33. The topological polar surface area (TPSA) is 72.9 Å². The van der Waals surface area contributed by atoms with Crippen molar-refractivity contribution in [2.45, 2.75) is 65.1 Å². The molecule has 2 heterocycles. The predicted octanol–water partition coefficient (Wildman–Crippen LogP) is 5.46. The molecule has 5 nitrogen and oxygen atoms in total. The number of aromatic nitrogens is 1. The zero-order chi connectivity index (χ0) is 21.1. The number of fused-ring (bicyclic) bond motifs is 3. The lowest BCUT2D eigenvalue weighted by Gasteiger charge is -2.44. The summed E-state index contributed by atoms with van der Waals surface area (Å²) in [6.45, 7) is 3.88. The fraction of sp³-hybridized carbons (Fsp3) is 0.480. The van der Waals surface area contributed by atoms with Crippen molar-refractivity contribution in [3.63, 3.8) is 0 Å². The van der Waals surface area contributed by atoms with Gasteiger partial charge in [-0.25, -0.2) is 4.99 Å². The number of benzene rings is 1. The van der Waals surface area contributed by atoms with Crippen LogP contribution in [0.25, 0.3) is 11.1 Å². The SMILES string of the molecule is C.COC1CCC2(CC1)Cc1ccc(-c3cnc(C)c(Cl)c3)cc1C21N=C(C)C(N)=N1. The van der Waals surface area contributed by atoms with E-state index in [-0.39, 0.29) is 12.8 Å². The third kappa shape index (κ3) is 3.21. The van der Waals surface area contributed by atoms with Gasteiger partial charge in [-0.3, -0.25) is 9.98 Å². The molecule has 1 fully saturated rings. The largest absolute Gasteiger partial charge is 0.382 e. The molecular weight excluding hydrogens is 408 g/mol. The molecule has 1 aliphatic heterocycles. The number of ether oxygens (including phenoxy) is 1. The molecule has 0 bridgehead atoms. The average molecular weight is 439 g/mol. The molecule has 6 heteroatoms. The molecule has 2 aromatic rings. The number of nitrogens with two attached hydrogens (primary N) is 1. The maximum absolute atomic E-state index is 6.35. The van der Waals surface area contributed by atoms with Gasteiger partial charge in [0, 0.05) is 29.8 Å². The summed E-state index contributed by atoms with van der Waals surface area (Å²) in [7, 11) is 1.81. The summed E-state index contributed by atoms with van der Waals surface area (Å²) < 4.78 is 5.65. The molecular formula is C25H31ClN4O. The maximum Gasteiger partial charge on any atom is 0.184 e. The van der Waals surface area contributed by atoms with Crippen molar-refractivity contribution >= 4 is 23.1 Å². The van der Waals surface area contributed by atoms with Crippen LogP contribution in [0.4, 0.5) is 0 Å². The number of nitrogens with zero attached hydrogens (tertiary/aromatic N) is 3. The third-order valence-corrected chi connectivity index (χ3v) is 7.70. The summed E-state index contributed by atoms with van der Waals surface area (Å²) in [5.41, 5.74) is 11.8. The lowest BCUT2D eigenvalue weighted by atomic mass is 9.65. The van der Waals surface area contributed by atoms with Crippen LogP contribution in [0.3, 0.4) is 0 Å². The van der Waals surface area contributed by atoms with Gasteiger partial charge in [-0.2, -0.15) is 0 Å². The van der Waals surface area contributed by atoms with Crippen LogP contribution in [-0.4, -0.2) is 29.7 Å². The van der Waals surface area contributed by atoms with Gasteiger partial charge in [0.2, 0.25) is 0 Å². The molecule has 0 saturated heterocycles. The van der Waals surface area contributed by atoms with Crippen LogP contribution in [0, 0.1) is 12.3 Å². The number of amidine groups is 1. The van der Waals surface area contributed by atoms with Crippen molar-refractivity contribution in [3.05, 3.63) is 52.3 Å². The molecule has 164 valence electrons. The first-order chi connectivity index (χ1) is 14.4. The van der Waals surface area contributed by atoms with Gasteiger partial charge < -0.3 is 10.5 Å². The lowest BCUT2D eigenvalue weighted by Crippen LogP contribution is -2.43. The van der Waals surface area contributed by atoms with Gasteiger partial charge in [-0.15, -0.1) is 0 Å². The molecule has 5 rings (SSSR count). The molecule has 1 atom stereocenters. The van der Waals surface area contributed by atoms with E-state index in [0.29, 0.717) is 17.0 Å². The van der Waals surface area contributed by atoms with E-state index in [4.69, 9.17) is 32.1 Å². The quantitative estimate of drug-likeness (QED) is 0.676. The smallest absolute Gasteiger partial charge is 0.184 e. The molecule has 2 N–H and O–H groups in total. The Morgan fingerprint density at radius 2 is 1.84 bits per heavy atom. The van der Waals surface area contributed by atoms with Crippen molar-refractivity contribution in [2.75, 3.05) is 7.11 Å². The predicted molar refractivity (Wildman–Crippen MR) is 128 cm³/mol. The third-order valence-electron chi connectivity index (χ3n) is 7.32. The Labute approximate surface area is 189 Å². The van der Waals surface area contributed by atoms with Gasteiger partial charge >= 0.3 is 0 Å². The van der Waals surface area contributed by atoms with Gasteiger partial charge in [0.25, 0.3) is 0 Å². The van der Waals surface area contributed by atoms with E-state index in [1.807, 2.05) is 33.2 Å². The van der Waals surface area contributed by atoms with Crippen molar-refractivity contribution < 1.29 is 4.74 Å². The zero-order valence-corrected chi connectivity index (χ0v) is 18.5. The Hall–Kier alpha value is -2.24. The minimum atomic E-state index is -0.632. The molecule has 0 radical (unpaired) electrons. The molecule has 2 aliphatic carbocycles. The van der Waals surface area contributed by atoms with E-state index in [1.54, 1.807) is 0 Å². The van der Waals surface area contributed by atoms with Gasteiger partial charge in [0.15, 0.2) is 5.66 Å². The fourth-order valence-corrected chi connectivity index (χ4v) is 5.68. The number of pyridine rings is 1. The fourth-order valence-electron chi connectivity index (χ4n) is 5.52. The molecule has 1 aromatic heterocycles. The van der Waals surface area contributed by atoms with E-state index < -0.39 is 5.66 Å². The molecule has 1 unspecified atom stereocenters. The van der Waals surface area contributed by atoms with E-state index in [2.05, 4.69) is 23.2 Å². The highest BCUT2D eigenvalue weighted by Gasteiger charge is 2.60. The van der Waals surface area contributed by atoms with Crippen LogP contribution < -0.4 is 5.73 Å². The number of aryl methyl sites for hydroxylation is 1. The van der Waals surface area contributed by atoms with Gasteiger partial charge in [0.05, 0.1) is 22.5 Å². The Balaban J connectivity index is 0.00000231. The minimum absolute atomic E-state index is 0. The highest BCUT2D eigenvalue weighted by Crippen LogP contribution is 2.62. The Bertz CT molecular complexity index is 1060. The summed E-state index contributed by atoms with van der Waals surface area (Å²) in [5, 5.41) is 0.675. The van der Waals surface area contributed by atoms with Crippen molar-refractivity contribution in [2.24, 2.45) is 21.1 Å². The van der Waals surface area contributed by atoms with Gasteiger partial charge in [0.1, 0.15) is 5.84 Å². The Kier molecular flexibility index (Phi) is 5.47. The lowest BCUT2D eigenvalue weighted by molar-refractivity contribution is -0.000372. The number of aliphatic imine (C=N–C) groups is 2. The highest BCUT2D eigenvalue weighted by molar-refractivity contribution is 6.41. The second-order valence-electron chi connectivity index (χ2n) is 8.92. The average Bonchev–Trinajstić information content (AvgIpc) is 3.18. The van der Waals surface area contributed by atoms with Crippen LogP contribution in [0.15, 0.2) is 40.4 Å². The first-order valence-corrected chi connectivity index (χ1v) is 11.0. The molecule has 31 heavy (non-hydrogen) atoms. The van der Waals surface area contributed by atoms with Gasteiger partial charge in [-0.1, -0.05) is 31.2 Å². The molecule has 3 aliphatic rings. The van der Waals surface area contributed by atoms with Crippen molar-refractivity contribution in [3.8, 4) is 11.1 Å². The Morgan fingerprint density at radius 1 is 1.10 bits per heavy atom. The van der Waals surface area contributed by atoms with Crippen LogP contribution in [0.1, 0.15) is 56.9 Å². The van der Waals surface area contributed by atoms with Gasteiger partial charge in [-0.05, 0) is 69.2 Å². The van der Waals surface area contributed by atoms with Crippen molar-refractivity contribution in [1.29, 1.82) is 0 Å². The number of hydrogen-bond acceptors (Lipinski definition) is 5. The van der Waals surface area contributed by atoms with E-state index in [9.17, 15) is 0 Å². The monoisotopic (exact) mass is 438 g/mol. The summed E-state index contributed by atoms with van der Waals surface area (Å²) in [5.74, 6) is 0.557. The summed E-state index contributed by atoms with van der Waals surface area (Å²) >= 11 is 6.35. The van der Waals surface area contributed by atoms with E-state index >= 15 is 0 Å². The van der Waals surface area contributed by atoms with E-state index in [0.717, 1.165) is 54.6 Å². The highest BCUT2D eigenvalue weighted by atomic mass is 35.5. The normalized spacial score (nSPS) is 29.0. The van der Waals surface area contributed by atoms with Crippen LogP contribution >= 0.6 is 11.6 Å². The number of halogens is 1. The number of rotatable bonds is 2.